The molecule has 4 N–H and O–H groups in total. The van der Waals surface area contributed by atoms with Gasteiger partial charge in [0.25, 0.3) is 17.3 Å². The van der Waals surface area contributed by atoms with Gasteiger partial charge in [0.05, 0.1) is 15.4 Å². The SMILES string of the molecule is CC(C)Nc1c([N+](=O)[O-])cc(C(=O)NN)cc1[N+](=O)[O-]. The number of nitrogens with zero attached hydrogens (tertiary/aromatic N) is 2. The minimum absolute atomic E-state index is 0.247. The van der Waals surface area contributed by atoms with Crippen molar-refractivity contribution < 1.29 is 14.6 Å². The molecule has 10 nitrogen and oxygen atoms in total. The third-order valence-corrected chi connectivity index (χ3v) is 2.32. The van der Waals surface area contributed by atoms with Crippen LogP contribution in [0.2, 0.25) is 0 Å². The molecule has 1 aromatic carbocycles. The van der Waals surface area contributed by atoms with Crippen LogP contribution in [-0.2, 0) is 0 Å². The number of benzene rings is 1. The van der Waals surface area contributed by atoms with Crippen molar-refractivity contribution in [3.05, 3.63) is 37.9 Å². The number of nitrogens with two attached hydrogens (primary N) is 1. The van der Waals surface area contributed by atoms with E-state index in [2.05, 4.69) is 5.32 Å². The summed E-state index contributed by atoms with van der Waals surface area (Å²) in [6.07, 6.45) is 0. The Hall–Kier alpha value is -2.75. The van der Waals surface area contributed by atoms with Crippen molar-refractivity contribution in [1.29, 1.82) is 0 Å². The smallest absolute Gasteiger partial charge is 0.300 e. The maximum Gasteiger partial charge on any atom is 0.300 e. The van der Waals surface area contributed by atoms with E-state index >= 15 is 0 Å². The average Bonchev–Trinajstić information content (AvgIpc) is 2.36. The Bertz CT molecular complexity index is 536. The number of nitro benzene ring substituents is 2. The molecule has 1 aromatic rings. The minimum atomic E-state index is -0.854. The van der Waals surface area contributed by atoms with Crippen LogP contribution in [0.4, 0.5) is 17.1 Å². The van der Waals surface area contributed by atoms with Gasteiger partial charge in [-0.15, -0.1) is 0 Å². The molecule has 0 aromatic heterocycles. The molecular formula is C10H13N5O5. The number of amides is 1. The number of nitro groups is 2. The summed E-state index contributed by atoms with van der Waals surface area (Å²) in [4.78, 5) is 31.8. The highest BCUT2D eigenvalue weighted by molar-refractivity contribution is 5.97. The van der Waals surface area contributed by atoms with Crippen molar-refractivity contribution in [2.45, 2.75) is 19.9 Å². The number of nitrogens with one attached hydrogen (secondary N) is 2. The lowest BCUT2D eigenvalue weighted by Gasteiger charge is -2.11. The van der Waals surface area contributed by atoms with Gasteiger partial charge in [-0.05, 0) is 13.8 Å². The predicted octanol–water partition coefficient (Wildman–Crippen LogP) is 0.927. The fourth-order valence-corrected chi connectivity index (χ4v) is 1.55. The second-order valence-electron chi connectivity index (χ2n) is 4.18. The first-order valence-electron chi connectivity index (χ1n) is 5.52. The summed E-state index contributed by atoms with van der Waals surface area (Å²) in [7, 11) is 0. The summed E-state index contributed by atoms with van der Waals surface area (Å²) in [6, 6.07) is 1.60. The summed E-state index contributed by atoms with van der Waals surface area (Å²) < 4.78 is 0. The number of carbonyl (C=O) groups is 1. The molecule has 1 amide bonds. The molecule has 108 valence electrons. The largest absolute Gasteiger partial charge is 0.372 e. The minimum Gasteiger partial charge on any atom is -0.372 e. The lowest BCUT2D eigenvalue weighted by Crippen LogP contribution is -2.30. The summed E-state index contributed by atoms with van der Waals surface area (Å²) >= 11 is 0. The molecule has 0 aliphatic heterocycles. The highest BCUT2D eigenvalue weighted by Crippen LogP contribution is 2.36. The van der Waals surface area contributed by atoms with Crippen molar-refractivity contribution >= 4 is 23.0 Å². The maximum absolute atomic E-state index is 11.4. The van der Waals surface area contributed by atoms with E-state index in [-0.39, 0.29) is 17.3 Å². The Balaban J connectivity index is 3.58. The lowest BCUT2D eigenvalue weighted by atomic mass is 10.1. The van der Waals surface area contributed by atoms with E-state index in [1.165, 1.54) is 0 Å². The fraction of sp³-hybridized carbons (Fsp3) is 0.300. The van der Waals surface area contributed by atoms with Gasteiger partial charge in [-0.25, -0.2) is 5.84 Å². The van der Waals surface area contributed by atoms with Crippen molar-refractivity contribution in [1.82, 2.24) is 5.43 Å². The average molecular weight is 283 g/mol. The third-order valence-electron chi connectivity index (χ3n) is 2.32. The van der Waals surface area contributed by atoms with Crippen LogP contribution < -0.4 is 16.6 Å². The van der Waals surface area contributed by atoms with Gasteiger partial charge >= 0.3 is 0 Å². The van der Waals surface area contributed by atoms with Crippen molar-refractivity contribution in [2.24, 2.45) is 5.84 Å². The van der Waals surface area contributed by atoms with Crippen LogP contribution in [0.15, 0.2) is 12.1 Å². The van der Waals surface area contributed by atoms with Crippen LogP contribution in [0.1, 0.15) is 24.2 Å². The number of hydrogen-bond acceptors (Lipinski definition) is 7. The van der Waals surface area contributed by atoms with Crippen LogP contribution in [0, 0.1) is 20.2 Å². The predicted molar refractivity (Wildman–Crippen MR) is 70.2 cm³/mol. The first-order valence-corrected chi connectivity index (χ1v) is 5.52. The molecule has 1 rings (SSSR count). The highest BCUT2D eigenvalue weighted by atomic mass is 16.6. The van der Waals surface area contributed by atoms with Gasteiger partial charge in [0.1, 0.15) is 0 Å². The first kappa shape index (κ1) is 15.3. The molecule has 0 spiro atoms. The van der Waals surface area contributed by atoms with Gasteiger partial charge in [0, 0.05) is 18.2 Å². The maximum atomic E-state index is 11.4. The highest BCUT2D eigenvalue weighted by Gasteiger charge is 2.28. The van der Waals surface area contributed by atoms with Gasteiger partial charge < -0.3 is 5.32 Å². The van der Waals surface area contributed by atoms with Crippen molar-refractivity contribution in [3.8, 4) is 0 Å². The number of carbonyl (C=O) groups excluding carboxylic acids is 1. The molecule has 0 radical (unpaired) electrons. The normalized spacial score (nSPS) is 10.2. The lowest BCUT2D eigenvalue weighted by molar-refractivity contribution is -0.392. The summed E-state index contributed by atoms with van der Waals surface area (Å²) in [6.45, 7) is 3.35. The van der Waals surface area contributed by atoms with Gasteiger partial charge in [-0.2, -0.15) is 0 Å². The Morgan fingerprint density at radius 1 is 1.20 bits per heavy atom. The van der Waals surface area contributed by atoms with E-state index in [4.69, 9.17) is 5.84 Å². The molecule has 0 unspecified atom stereocenters. The zero-order valence-electron chi connectivity index (χ0n) is 10.7. The van der Waals surface area contributed by atoms with E-state index in [1.54, 1.807) is 19.3 Å². The summed E-state index contributed by atoms with van der Waals surface area (Å²) in [5, 5.41) is 24.7. The van der Waals surface area contributed by atoms with Gasteiger partial charge in [0.15, 0.2) is 5.69 Å². The Labute approximate surface area is 113 Å². The van der Waals surface area contributed by atoms with Crippen LogP contribution >= 0.6 is 0 Å². The molecule has 0 aliphatic rings. The van der Waals surface area contributed by atoms with Gasteiger partial charge in [0.2, 0.25) is 0 Å². The molecular weight excluding hydrogens is 270 g/mol. The summed E-state index contributed by atoms with van der Waals surface area (Å²) in [5.41, 5.74) is 0.132. The molecule has 10 heteroatoms. The second kappa shape index (κ2) is 5.93. The number of rotatable bonds is 5. The monoisotopic (exact) mass is 283 g/mol. The Morgan fingerprint density at radius 3 is 1.95 bits per heavy atom. The van der Waals surface area contributed by atoms with Crippen LogP contribution in [-0.4, -0.2) is 21.8 Å². The molecule has 0 bridgehead atoms. The Kier molecular flexibility index (Phi) is 4.54. The van der Waals surface area contributed by atoms with E-state index in [1.807, 2.05) is 0 Å². The van der Waals surface area contributed by atoms with E-state index in [0.717, 1.165) is 12.1 Å². The molecule has 0 aliphatic carbocycles. The third kappa shape index (κ3) is 3.17. The van der Waals surface area contributed by atoms with Gasteiger partial charge in [-0.3, -0.25) is 30.4 Å². The molecule has 0 heterocycles. The molecule has 0 saturated heterocycles. The molecule has 0 atom stereocenters. The Morgan fingerprint density at radius 2 is 1.65 bits per heavy atom. The van der Waals surface area contributed by atoms with Crippen molar-refractivity contribution in [3.63, 3.8) is 0 Å². The number of anilines is 1. The zero-order chi connectivity index (χ0) is 15.4. The quantitative estimate of drug-likeness (QED) is 0.314. The van der Waals surface area contributed by atoms with E-state index in [9.17, 15) is 25.0 Å². The topological polar surface area (TPSA) is 153 Å². The molecule has 0 fully saturated rings. The number of hydrazine groups is 1. The fourth-order valence-electron chi connectivity index (χ4n) is 1.55. The molecule has 0 saturated carbocycles. The van der Waals surface area contributed by atoms with E-state index < -0.39 is 27.1 Å². The number of hydrogen-bond donors (Lipinski definition) is 3. The first-order chi connectivity index (χ1) is 9.27. The van der Waals surface area contributed by atoms with Crippen LogP contribution in [0.5, 0.6) is 0 Å². The standard InChI is InChI=1S/C10H13N5O5/c1-5(2)12-9-7(14(17)18)3-6(10(16)13-11)4-8(9)15(19)20/h3-5,12H,11H2,1-2H3,(H,13,16). The van der Waals surface area contributed by atoms with Gasteiger partial charge in [-0.1, -0.05) is 0 Å². The number of nitrogen functional groups attached to an aromatic ring is 1. The molecule has 20 heavy (non-hydrogen) atoms. The summed E-state index contributed by atoms with van der Waals surface area (Å²) in [5.74, 6) is 4.07. The second-order valence-corrected chi connectivity index (χ2v) is 4.18. The van der Waals surface area contributed by atoms with E-state index in [0.29, 0.717) is 0 Å². The van der Waals surface area contributed by atoms with Crippen LogP contribution in [0.25, 0.3) is 0 Å². The van der Waals surface area contributed by atoms with Crippen molar-refractivity contribution in [2.75, 3.05) is 5.32 Å². The zero-order valence-corrected chi connectivity index (χ0v) is 10.7. The van der Waals surface area contributed by atoms with Crippen LogP contribution in [0.3, 0.4) is 0 Å².